The van der Waals surface area contributed by atoms with Gasteiger partial charge in [0.25, 0.3) is 5.91 Å². The van der Waals surface area contributed by atoms with Gasteiger partial charge in [-0.25, -0.2) is 0 Å². The molecule has 5 nitrogen and oxygen atoms in total. The molecular formula is C21H25Cl2N3O2. The van der Waals surface area contributed by atoms with Crippen molar-refractivity contribution in [2.45, 2.75) is 19.6 Å². The highest BCUT2D eigenvalue weighted by Gasteiger charge is 2.19. The first kappa shape index (κ1) is 20.8. The Labute approximate surface area is 176 Å². The van der Waals surface area contributed by atoms with Crippen LogP contribution in [0.2, 0.25) is 10.0 Å². The number of nitrogens with one attached hydrogen (secondary N) is 1. The number of amides is 1. The van der Waals surface area contributed by atoms with E-state index in [2.05, 4.69) is 34.3 Å². The van der Waals surface area contributed by atoms with E-state index in [1.54, 1.807) is 25.1 Å². The van der Waals surface area contributed by atoms with Crippen molar-refractivity contribution in [2.75, 3.05) is 38.1 Å². The zero-order valence-corrected chi connectivity index (χ0v) is 17.6. The van der Waals surface area contributed by atoms with Crippen molar-refractivity contribution in [1.29, 1.82) is 0 Å². The number of benzene rings is 2. The van der Waals surface area contributed by atoms with Gasteiger partial charge in [0.15, 0.2) is 6.10 Å². The average molecular weight is 422 g/mol. The number of para-hydroxylation sites is 1. The summed E-state index contributed by atoms with van der Waals surface area (Å²) in [4.78, 5) is 17.2. The van der Waals surface area contributed by atoms with Crippen molar-refractivity contribution in [1.82, 2.24) is 10.2 Å². The van der Waals surface area contributed by atoms with Gasteiger partial charge in [-0.1, -0.05) is 41.4 Å². The van der Waals surface area contributed by atoms with Crippen LogP contribution in [0.4, 0.5) is 5.69 Å². The van der Waals surface area contributed by atoms with Gasteiger partial charge in [0.1, 0.15) is 5.75 Å². The molecule has 1 atom stereocenters. The van der Waals surface area contributed by atoms with Gasteiger partial charge < -0.3 is 19.9 Å². The Hall–Kier alpha value is -1.95. The molecule has 1 amide bonds. The van der Waals surface area contributed by atoms with Gasteiger partial charge in [-0.3, -0.25) is 4.79 Å². The number of hydrogen-bond acceptors (Lipinski definition) is 4. The predicted molar refractivity (Wildman–Crippen MR) is 115 cm³/mol. The number of carbonyl (C=O) groups is 1. The summed E-state index contributed by atoms with van der Waals surface area (Å²) in [6.07, 6.45) is -0.672. The average Bonchev–Trinajstić information content (AvgIpc) is 2.69. The molecule has 0 saturated carbocycles. The minimum Gasteiger partial charge on any atom is -0.479 e. The number of carbonyl (C=O) groups excluding carboxylic acids is 1. The first-order valence-corrected chi connectivity index (χ1v) is 10.1. The van der Waals surface area contributed by atoms with Crippen LogP contribution in [-0.2, 0) is 11.3 Å². The van der Waals surface area contributed by atoms with E-state index < -0.39 is 6.10 Å². The van der Waals surface area contributed by atoms with Gasteiger partial charge in [0, 0.05) is 43.4 Å². The quantitative estimate of drug-likeness (QED) is 0.769. The molecule has 0 radical (unpaired) electrons. The predicted octanol–water partition coefficient (Wildman–Crippen LogP) is 3.83. The maximum atomic E-state index is 12.5. The van der Waals surface area contributed by atoms with Gasteiger partial charge in [-0.15, -0.1) is 0 Å². The molecule has 0 spiro atoms. The molecule has 1 fully saturated rings. The van der Waals surface area contributed by atoms with Crippen molar-refractivity contribution < 1.29 is 9.53 Å². The third-order valence-corrected chi connectivity index (χ3v) is 5.39. The highest BCUT2D eigenvalue weighted by molar-refractivity contribution is 6.35. The zero-order chi connectivity index (χ0) is 20.1. The molecule has 0 bridgehead atoms. The summed E-state index contributed by atoms with van der Waals surface area (Å²) in [6, 6.07) is 13.1. The van der Waals surface area contributed by atoms with Crippen LogP contribution < -0.4 is 15.0 Å². The maximum absolute atomic E-state index is 12.5. The fraction of sp³-hybridized carbons (Fsp3) is 0.381. The molecule has 7 heteroatoms. The van der Waals surface area contributed by atoms with Crippen LogP contribution in [0.5, 0.6) is 5.75 Å². The van der Waals surface area contributed by atoms with Crippen LogP contribution in [0.1, 0.15) is 12.5 Å². The third-order valence-electron chi connectivity index (χ3n) is 4.86. The Morgan fingerprint density at radius 3 is 2.57 bits per heavy atom. The lowest BCUT2D eigenvalue weighted by molar-refractivity contribution is -0.127. The van der Waals surface area contributed by atoms with Crippen molar-refractivity contribution in [2.24, 2.45) is 0 Å². The van der Waals surface area contributed by atoms with Gasteiger partial charge in [-0.2, -0.15) is 0 Å². The number of ether oxygens (including phenoxy) is 1. The Morgan fingerprint density at radius 2 is 1.86 bits per heavy atom. The molecule has 1 unspecified atom stereocenters. The largest absolute Gasteiger partial charge is 0.479 e. The summed E-state index contributed by atoms with van der Waals surface area (Å²) < 4.78 is 5.69. The van der Waals surface area contributed by atoms with Gasteiger partial charge in [0.2, 0.25) is 0 Å². The van der Waals surface area contributed by atoms with E-state index in [1.165, 1.54) is 5.69 Å². The SMILES string of the molecule is CC(Oc1ccc(Cl)cc1Cl)C(=O)NCc1ccccc1N1CCN(C)CC1. The molecule has 2 aromatic rings. The molecule has 28 heavy (non-hydrogen) atoms. The Kier molecular flexibility index (Phi) is 7.05. The Morgan fingerprint density at radius 1 is 1.14 bits per heavy atom. The van der Waals surface area contributed by atoms with Gasteiger partial charge >= 0.3 is 0 Å². The summed E-state index contributed by atoms with van der Waals surface area (Å²) in [5, 5.41) is 3.87. The summed E-state index contributed by atoms with van der Waals surface area (Å²) >= 11 is 12.0. The Bertz CT molecular complexity index is 823. The molecule has 1 N–H and O–H groups in total. The molecule has 3 rings (SSSR count). The highest BCUT2D eigenvalue weighted by Crippen LogP contribution is 2.28. The van der Waals surface area contributed by atoms with Crippen LogP contribution in [0.25, 0.3) is 0 Å². The number of likely N-dealkylation sites (N-methyl/N-ethyl adjacent to an activating group) is 1. The lowest BCUT2D eigenvalue weighted by Crippen LogP contribution is -2.45. The summed E-state index contributed by atoms with van der Waals surface area (Å²) in [6.45, 7) is 6.18. The number of rotatable bonds is 6. The number of hydrogen-bond donors (Lipinski definition) is 1. The molecule has 1 aliphatic heterocycles. The lowest BCUT2D eigenvalue weighted by atomic mass is 10.1. The maximum Gasteiger partial charge on any atom is 0.261 e. The lowest BCUT2D eigenvalue weighted by Gasteiger charge is -2.35. The number of piperazine rings is 1. The molecule has 0 aliphatic carbocycles. The summed E-state index contributed by atoms with van der Waals surface area (Å²) in [5.41, 5.74) is 2.27. The first-order valence-electron chi connectivity index (χ1n) is 9.35. The number of nitrogens with zero attached hydrogens (tertiary/aromatic N) is 2. The fourth-order valence-corrected chi connectivity index (χ4v) is 3.61. The highest BCUT2D eigenvalue weighted by atomic mass is 35.5. The van der Waals surface area contributed by atoms with E-state index >= 15 is 0 Å². The molecular weight excluding hydrogens is 397 g/mol. The summed E-state index contributed by atoms with van der Waals surface area (Å²) in [7, 11) is 2.14. The third kappa shape index (κ3) is 5.31. The number of halogens is 2. The second-order valence-electron chi connectivity index (χ2n) is 6.97. The van der Waals surface area contributed by atoms with Gasteiger partial charge in [-0.05, 0) is 43.8 Å². The van der Waals surface area contributed by atoms with Crippen LogP contribution >= 0.6 is 23.2 Å². The second kappa shape index (κ2) is 9.50. The van der Waals surface area contributed by atoms with Crippen LogP contribution in [0.3, 0.4) is 0 Å². The van der Waals surface area contributed by atoms with Crippen LogP contribution in [0.15, 0.2) is 42.5 Å². The Balaban J connectivity index is 1.60. The number of anilines is 1. The minimum atomic E-state index is -0.672. The van der Waals surface area contributed by atoms with E-state index in [0.717, 1.165) is 31.7 Å². The molecule has 1 aliphatic rings. The molecule has 0 aromatic heterocycles. The smallest absolute Gasteiger partial charge is 0.261 e. The standard InChI is InChI=1S/C21H25Cl2N3O2/c1-15(28-20-8-7-17(22)13-18(20)23)21(27)24-14-16-5-3-4-6-19(16)26-11-9-25(2)10-12-26/h3-8,13,15H,9-12,14H2,1-2H3,(H,24,27). The molecule has 150 valence electrons. The normalized spacial score (nSPS) is 15.9. The van der Waals surface area contributed by atoms with E-state index in [1.807, 2.05) is 12.1 Å². The summed E-state index contributed by atoms with van der Waals surface area (Å²) in [5.74, 6) is 0.241. The second-order valence-corrected chi connectivity index (χ2v) is 7.82. The molecule has 1 heterocycles. The van der Waals surface area contributed by atoms with Crippen LogP contribution in [0, 0.1) is 0 Å². The monoisotopic (exact) mass is 421 g/mol. The molecule has 1 saturated heterocycles. The molecule has 2 aromatic carbocycles. The first-order chi connectivity index (χ1) is 13.4. The van der Waals surface area contributed by atoms with E-state index in [4.69, 9.17) is 27.9 Å². The minimum absolute atomic E-state index is 0.195. The van der Waals surface area contributed by atoms with Crippen molar-refractivity contribution in [3.63, 3.8) is 0 Å². The van der Waals surface area contributed by atoms with Crippen molar-refractivity contribution in [3.05, 3.63) is 58.1 Å². The van der Waals surface area contributed by atoms with Crippen molar-refractivity contribution >= 4 is 34.8 Å². The van der Waals surface area contributed by atoms with Crippen molar-refractivity contribution in [3.8, 4) is 5.75 Å². The van der Waals surface area contributed by atoms with E-state index in [0.29, 0.717) is 22.3 Å². The van der Waals surface area contributed by atoms with E-state index in [-0.39, 0.29) is 5.91 Å². The topological polar surface area (TPSA) is 44.8 Å². The zero-order valence-electron chi connectivity index (χ0n) is 16.1. The fourth-order valence-electron chi connectivity index (χ4n) is 3.16. The van der Waals surface area contributed by atoms with Crippen LogP contribution in [-0.4, -0.2) is 50.1 Å². The van der Waals surface area contributed by atoms with E-state index in [9.17, 15) is 4.79 Å². The van der Waals surface area contributed by atoms with Gasteiger partial charge in [0.05, 0.1) is 5.02 Å².